The first-order valence-corrected chi connectivity index (χ1v) is 7.82. The van der Waals surface area contributed by atoms with Crippen molar-refractivity contribution in [3.05, 3.63) is 24.6 Å². The summed E-state index contributed by atoms with van der Waals surface area (Å²) in [5, 5.41) is 4.75. The molecule has 0 aromatic rings. The minimum atomic E-state index is 0.148. The van der Waals surface area contributed by atoms with Gasteiger partial charge in [0.2, 0.25) is 0 Å². The molecule has 1 aliphatic carbocycles. The molecule has 1 saturated carbocycles. The van der Waals surface area contributed by atoms with Crippen LogP contribution >= 0.6 is 0 Å². The van der Waals surface area contributed by atoms with E-state index in [1.54, 1.807) is 0 Å². The summed E-state index contributed by atoms with van der Waals surface area (Å²) >= 11 is 0. The van der Waals surface area contributed by atoms with Crippen molar-refractivity contribution in [1.29, 1.82) is 0 Å². The van der Waals surface area contributed by atoms with Gasteiger partial charge in [0.1, 0.15) is 0 Å². The van der Waals surface area contributed by atoms with Gasteiger partial charge in [-0.15, -0.1) is 0 Å². The van der Waals surface area contributed by atoms with Gasteiger partial charge in [-0.25, -0.2) is 0 Å². The van der Waals surface area contributed by atoms with Crippen molar-refractivity contribution in [2.75, 3.05) is 6.54 Å². The van der Waals surface area contributed by atoms with Gasteiger partial charge in [-0.2, -0.15) is 0 Å². The van der Waals surface area contributed by atoms with Crippen LogP contribution in [0.1, 0.15) is 66.2 Å². The Bertz CT molecular complexity index is 343. The highest BCUT2D eigenvalue weighted by Gasteiger charge is 2.29. The molecule has 0 atom stereocenters. The molecule has 0 N–H and O–H groups in total. The molecule has 2 nitrogen and oxygen atoms in total. The second-order valence-electron chi connectivity index (χ2n) is 7.48. The van der Waals surface area contributed by atoms with Gasteiger partial charge in [-0.3, -0.25) is 10.0 Å². The SMILES string of the molecule is CC1(CCN2C=CC=CN2C(C)(C)C)CCCCC1. The van der Waals surface area contributed by atoms with E-state index >= 15 is 0 Å². The van der Waals surface area contributed by atoms with E-state index < -0.39 is 0 Å². The summed E-state index contributed by atoms with van der Waals surface area (Å²) in [6.07, 6.45) is 17.1. The van der Waals surface area contributed by atoms with Crippen LogP contribution in [0.4, 0.5) is 0 Å². The van der Waals surface area contributed by atoms with Gasteiger partial charge in [0.25, 0.3) is 0 Å². The van der Waals surface area contributed by atoms with Crippen LogP contribution in [0.5, 0.6) is 0 Å². The first-order valence-electron chi connectivity index (χ1n) is 7.82. The average Bonchev–Trinajstić information content (AvgIpc) is 2.37. The zero-order valence-electron chi connectivity index (χ0n) is 13.2. The molecule has 0 bridgehead atoms. The Labute approximate surface area is 119 Å². The van der Waals surface area contributed by atoms with Crippen LogP contribution in [0.15, 0.2) is 24.6 Å². The first-order chi connectivity index (χ1) is 8.91. The number of nitrogens with zero attached hydrogens (tertiary/aromatic N) is 2. The highest BCUT2D eigenvalue weighted by atomic mass is 15.6. The Morgan fingerprint density at radius 2 is 1.63 bits per heavy atom. The summed E-state index contributed by atoms with van der Waals surface area (Å²) in [6, 6.07) is 0. The van der Waals surface area contributed by atoms with Crippen molar-refractivity contribution in [2.24, 2.45) is 5.41 Å². The largest absolute Gasteiger partial charge is 0.293 e. The third kappa shape index (κ3) is 3.77. The normalized spacial score (nSPS) is 22.9. The van der Waals surface area contributed by atoms with E-state index in [4.69, 9.17) is 0 Å². The molecule has 0 unspecified atom stereocenters. The summed E-state index contributed by atoms with van der Waals surface area (Å²) < 4.78 is 0. The zero-order valence-corrected chi connectivity index (χ0v) is 13.2. The maximum Gasteiger partial charge on any atom is 0.0523 e. The average molecular weight is 262 g/mol. The molecule has 0 aromatic heterocycles. The lowest BCUT2D eigenvalue weighted by Crippen LogP contribution is -2.49. The minimum absolute atomic E-state index is 0.148. The van der Waals surface area contributed by atoms with E-state index in [-0.39, 0.29) is 5.54 Å². The molecular formula is C17H30N2. The quantitative estimate of drug-likeness (QED) is 0.727. The molecule has 0 saturated heterocycles. The Morgan fingerprint density at radius 1 is 1.00 bits per heavy atom. The van der Waals surface area contributed by atoms with Gasteiger partial charge in [0, 0.05) is 18.9 Å². The van der Waals surface area contributed by atoms with Gasteiger partial charge in [-0.1, -0.05) is 26.2 Å². The summed E-state index contributed by atoms with van der Waals surface area (Å²) in [4.78, 5) is 0. The van der Waals surface area contributed by atoms with Crippen molar-refractivity contribution in [2.45, 2.75) is 71.8 Å². The fourth-order valence-electron chi connectivity index (χ4n) is 3.27. The highest BCUT2D eigenvalue weighted by molar-refractivity contribution is 5.08. The first kappa shape index (κ1) is 14.5. The second kappa shape index (κ2) is 5.60. The molecule has 0 amide bonds. The summed E-state index contributed by atoms with van der Waals surface area (Å²) in [7, 11) is 0. The molecule has 0 spiro atoms. The topological polar surface area (TPSA) is 6.48 Å². The lowest BCUT2D eigenvalue weighted by Gasteiger charge is -2.45. The Balaban J connectivity index is 1.94. The van der Waals surface area contributed by atoms with Crippen molar-refractivity contribution in [3.63, 3.8) is 0 Å². The van der Waals surface area contributed by atoms with Crippen molar-refractivity contribution in [3.8, 4) is 0 Å². The monoisotopic (exact) mass is 262 g/mol. The van der Waals surface area contributed by atoms with E-state index in [1.165, 1.54) is 38.5 Å². The van der Waals surface area contributed by atoms with Crippen LogP contribution in [-0.4, -0.2) is 22.1 Å². The van der Waals surface area contributed by atoms with Crippen LogP contribution in [-0.2, 0) is 0 Å². The van der Waals surface area contributed by atoms with Crippen molar-refractivity contribution < 1.29 is 0 Å². The molecule has 0 aromatic carbocycles. The van der Waals surface area contributed by atoms with Crippen LogP contribution in [0, 0.1) is 5.41 Å². The third-order valence-electron chi connectivity index (χ3n) is 4.57. The fourth-order valence-corrected chi connectivity index (χ4v) is 3.27. The lowest BCUT2D eigenvalue weighted by molar-refractivity contribution is -0.0184. The van der Waals surface area contributed by atoms with Gasteiger partial charge in [0.15, 0.2) is 0 Å². The molecule has 1 heterocycles. The molecule has 0 radical (unpaired) electrons. The fraction of sp³-hybridized carbons (Fsp3) is 0.765. The van der Waals surface area contributed by atoms with E-state index in [1.807, 2.05) is 0 Å². The Hall–Kier alpha value is -0.920. The van der Waals surface area contributed by atoms with E-state index in [0.717, 1.165) is 6.54 Å². The van der Waals surface area contributed by atoms with E-state index in [0.29, 0.717) is 5.41 Å². The molecule has 2 heteroatoms. The molecule has 2 rings (SSSR count). The standard InChI is InChI=1S/C17H30N2/c1-16(2,3)19-14-9-8-13-18(19)15-12-17(4)10-6-5-7-11-17/h8-9,13-14H,5-7,10-12,15H2,1-4H3. The highest BCUT2D eigenvalue weighted by Crippen LogP contribution is 2.39. The molecule has 1 fully saturated rings. The number of hydrogen-bond donors (Lipinski definition) is 0. The third-order valence-corrected chi connectivity index (χ3v) is 4.57. The number of rotatable bonds is 3. The van der Waals surface area contributed by atoms with Crippen LogP contribution in [0.25, 0.3) is 0 Å². The Morgan fingerprint density at radius 3 is 2.26 bits per heavy atom. The number of hydrogen-bond acceptors (Lipinski definition) is 2. The van der Waals surface area contributed by atoms with E-state index in [2.05, 4.69) is 62.3 Å². The number of allylic oxidation sites excluding steroid dienone is 2. The zero-order chi connectivity index (χ0) is 13.9. The second-order valence-corrected chi connectivity index (χ2v) is 7.48. The summed E-state index contributed by atoms with van der Waals surface area (Å²) in [5.74, 6) is 0. The molecular weight excluding hydrogens is 232 g/mol. The van der Waals surface area contributed by atoms with Gasteiger partial charge < -0.3 is 0 Å². The van der Waals surface area contributed by atoms with Crippen molar-refractivity contribution >= 4 is 0 Å². The molecule has 1 aliphatic heterocycles. The maximum atomic E-state index is 2.48. The van der Waals surface area contributed by atoms with Gasteiger partial charge in [0.05, 0.1) is 5.54 Å². The molecule has 2 aliphatic rings. The maximum absolute atomic E-state index is 2.48. The van der Waals surface area contributed by atoms with Gasteiger partial charge in [-0.05, 0) is 57.6 Å². The minimum Gasteiger partial charge on any atom is -0.293 e. The van der Waals surface area contributed by atoms with Gasteiger partial charge >= 0.3 is 0 Å². The molecule has 19 heavy (non-hydrogen) atoms. The Kier molecular flexibility index (Phi) is 4.27. The predicted octanol–water partition coefficient (Wildman–Crippen LogP) is 4.71. The summed E-state index contributed by atoms with van der Waals surface area (Å²) in [6.45, 7) is 10.4. The molecule has 108 valence electrons. The summed E-state index contributed by atoms with van der Waals surface area (Å²) in [5.41, 5.74) is 0.714. The smallest absolute Gasteiger partial charge is 0.0523 e. The van der Waals surface area contributed by atoms with Crippen LogP contribution in [0.2, 0.25) is 0 Å². The number of hydrazine groups is 1. The van der Waals surface area contributed by atoms with E-state index in [9.17, 15) is 0 Å². The predicted molar refractivity (Wildman–Crippen MR) is 82.4 cm³/mol. The van der Waals surface area contributed by atoms with Crippen LogP contribution in [0.3, 0.4) is 0 Å². The lowest BCUT2D eigenvalue weighted by atomic mass is 9.73. The van der Waals surface area contributed by atoms with Crippen molar-refractivity contribution in [1.82, 2.24) is 10.0 Å². The van der Waals surface area contributed by atoms with Crippen LogP contribution < -0.4 is 0 Å².